The number of esters is 1. The molecule has 142 valence electrons. The van der Waals surface area contributed by atoms with Crippen molar-refractivity contribution in [1.82, 2.24) is 5.32 Å². The lowest BCUT2D eigenvalue weighted by Crippen LogP contribution is -2.33. The van der Waals surface area contributed by atoms with Crippen molar-refractivity contribution in [2.75, 3.05) is 18.0 Å². The topological polar surface area (TPSA) is 84.9 Å². The van der Waals surface area contributed by atoms with Crippen molar-refractivity contribution in [3.05, 3.63) is 29.6 Å². The molecule has 26 heavy (non-hydrogen) atoms. The molecule has 1 aliphatic rings. The lowest BCUT2D eigenvalue weighted by atomic mass is 10.1. The largest absolute Gasteiger partial charge is 0.456 e. The minimum absolute atomic E-state index is 0.179. The van der Waals surface area contributed by atoms with E-state index in [1.165, 1.54) is 25.1 Å². The number of halogens is 1. The van der Waals surface area contributed by atoms with Crippen LogP contribution >= 0.6 is 0 Å². The number of ether oxygens (including phenoxy) is 2. The average Bonchev–Trinajstić information content (AvgIpc) is 2.94. The van der Waals surface area contributed by atoms with Crippen LogP contribution in [0.15, 0.2) is 18.2 Å². The number of hydrogen-bond acceptors (Lipinski definition) is 6. The number of rotatable bonds is 5. The molecule has 1 amide bonds. The third-order valence-electron chi connectivity index (χ3n) is 3.64. The summed E-state index contributed by atoms with van der Waals surface area (Å²) in [5, 5.41) is 2.62. The molecule has 0 aromatic heterocycles. The van der Waals surface area contributed by atoms with Gasteiger partial charge in [-0.25, -0.2) is 9.18 Å². The number of nitrogens with one attached hydrogen (secondary N) is 1. The second kappa shape index (κ2) is 7.82. The summed E-state index contributed by atoms with van der Waals surface area (Å²) < 4.78 is 25.1. The Kier molecular flexibility index (Phi) is 5.97. The standard InChI is InChI=1S/C18H23FN2O5/c1-11(23)20-8-13-9-21(16(10-22)25-13)12-5-6-14(15(19)7-12)17(24)26-18(2,3)4/h5-7,10,13,16H,8-9H2,1-4H3,(H,20,23)/t13-,16?/m0/s1. The highest BCUT2D eigenvalue weighted by Gasteiger charge is 2.33. The van der Waals surface area contributed by atoms with Gasteiger partial charge in [0.2, 0.25) is 5.91 Å². The molecule has 0 saturated carbocycles. The molecule has 2 atom stereocenters. The van der Waals surface area contributed by atoms with Gasteiger partial charge in [0.25, 0.3) is 0 Å². The minimum atomic E-state index is -0.888. The number of carbonyl (C=O) groups excluding carboxylic acids is 3. The van der Waals surface area contributed by atoms with Crippen LogP contribution in [0.25, 0.3) is 0 Å². The first-order chi connectivity index (χ1) is 12.1. The Bertz CT molecular complexity index is 701. The lowest BCUT2D eigenvalue weighted by molar-refractivity contribution is -0.120. The van der Waals surface area contributed by atoms with Crippen molar-refractivity contribution in [1.29, 1.82) is 0 Å². The zero-order chi connectivity index (χ0) is 19.5. The van der Waals surface area contributed by atoms with Gasteiger partial charge in [0, 0.05) is 25.7 Å². The fourth-order valence-electron chi connectivity index (χ4n) is 2.55. The van der Waals surface area contributed by atoms with E-state index in [0.29, 0.717) is 18.5 Å². The second-order valence-electron chi connectivity index (χ2n) is 7.04. The normalized spacial score (nSPS) is 20.0. The van der Waals surface area contributed by atoms with Gasteiger partial charge in [-0.15, -0.1) is 0 Å². The number of hydrogen-bond donors (Lipinski definition) is 1. The van der Waals surface area contributed by atoms with Gasteiger partial charge in [-0.2, -0.15) is 0 Å². The molecular formula is C18H23FN2O5. The van der Waals surface area contributed by atoms with Crippen molar-refractivity contribution in [3.8, 4) is 0 Å². The maximum absolute atomic E-state index is 14.4. The summed E-state index contributed by atoms with van der Waals surface area (Å²) in [4.78, 5) is 35.9. The van der Waals surface area contributed by atoms with E-state index >= 15 is 0 Å². The molecule has 7 nitrogen and oxygen atoms in total. The highest BCUT2D eigenvalue weighted by molar-refractivity contribution is 5.90. The Morgan fingerprint density at radius 1 is 1.42 bits per heavy atom. The smallest absolute Gasteiger partial charge is 0.341 e. The fraction of sp³-hybridized carbons (Fsp3) is 0.500. The summed E-state index contributed by atoms with van der Waals surface area (Å²) in [6, 6.07) is 4.02. The van der Waals surface area contributed by atoms with Crippen molar-refractivity contribution in [2.45, 2.75) is 45.6 Å². The van der Waals surface area contributed by atoms with Crippen LogP contribution in [0.4, 0.5) is 10.1 Å². The first kappa shape index (κ1) is 19.8. The molecule has 0 radical (unpaired) electrons. The van der Waals surface area contributed by atoms with Crippen LogP contribution in [0.5, 0.6) is 0 Å². The van der Waals surface area contributed by atoms with E-state index in [0.717, 1.165) is 0 Å². The molecule has 1 aliphatic heterocycles. The van der Waals surface area contributed by atoms with Gasteiger partial charge in [0.05, 0.1) is 11.7 Å². The lowest BCUT2D eigenvalue weighted by Gasteiger charge is -2.22. The van der Waals surface area contributed by atoms with Gasteiger partial charge in [0.1, 0.15) is 11.4 Å². The number of aldehydes is 1. The number of carbonyl (C=O) groups is 3. The van der Waals surface area contributed by atoms with Crippen LogP contribution in [-0.4, -0.2) is 49.2 Å². The Morgan fingerprint density at radius 2 is 2.12 bits per heavy atom. The summed E-state index contributed by atoms with van der Waals surface area (Å²) in [5.74, 6) is -1.70. The first-order valence-corrected chi connectivity index (χ1v) is 8.25. The fourth-order valence-corrected chi connectivity index (χ4v) is 2.55. The van der Waals surface area contributed by atoms with Crippen molar-refractivity contribution in [3.63, 3.8) is 0 Å². The highest BCUT2D eigenvalue weighted by Crippen LogP contribution is 2.26. The van der Waals surface area contributed by atoms with Gasteiger partial charge in [-0.3, -0.25) is 9.59 Å². The van der Waals surface area contributed by atoms with Crippen molar-refractivity contribution < 1.29 is 28.2 Å². The van der Waals surface area contributed by atoms with Crippen LogP contribution < -0.4 is 10.2 Å². The van der Waals surface area contributed by atoms with E-state index in [-0.39, 0.29) is 18.0 Å². The summed E-state index contributed by atoms with van der Waals surface area (Å²) in [6.07, 6.45) is -0.684. The summed E-state index contributed by atoms with van der Waals surface area (Å²) in [5.41, 5.74) is -0.511. The number of anilines is 1. The van der Waals surface area contributed by atoms with Crippen molar-refractivity contribution in [2.24, 2.45) is 0 Å². The van der Waals surface area contributed by atoms with E-state index in [1.807, 2.05) is 0 Å². The highest BCUT2D eigenvalue weighted by atomic mass is 19.1. The molecule has 0 spiro atoms. The van der Waals surface area contributed by atoms with E-state index in [2.05, 4.69) is 5.32 Å². The third kappa shape index (κ3) is 5.01. The molecule has 0 bridgehead atoms. The molecular weight excluding hydrogens is 343 g/mol. The van der Waals surface area contributed by atoms with Gasteiger partial charge in [0.15, 0.2) is 12.5 Å². The van der Waals surface area contributed by atoms with E-state index in [4.69, 9.17) is 9.47 Å². The number of benzene rings is 1. The van der Waals surface area contributed by atoms with Gasteiger partial charge in [-0.05, 0) is 39.0 Å². The summed E-state index contributed by atoms with van der Waals surface area (Å²) in [7, 11) is 0. The summed E-state index contributed by atoms with van der Waals surface area (Å²) >= 11 is 0. The summed E-state index contributed by atoms with van der Waals surface area (Å²) in [6.45, 7) is 7.02. The van der Waals surface area contributed by atoms with Gasteiger partial charge >= 0.3 is 5.97 Å². The number of nitrogens with zero attached hydrogens (tertiary/aromatic N) is 1. The van der Waals surface area contributed by atoms with Crippen LogP contribution in [0.3, 0.4) is 0 Å². The zero-order valence-corrected chi connectivity index (χ0v) is 15.2. The molecule has 2 rings (SSSR count). The maximum Gasteiger partial charge on any atom is 0.341 e. The van der Waals surface area contributed by atoms with E-state index in [9.17, 15) is 18.8 Å². The third-order valence-corrected chi connectivity index (χ3v) is 3.64. The maximum atomic E-state index is 14.4. The molecule has 1 aromatic rings. The average molecular weight is 366 g/mol. The first-order valence-electron chi connectivity index (χ1n) is 8.25. The second-order valence-corrected chi connectivity index (χ2v) is 7.04. The molecule has 1 heterocycles. The zero-order valence-electron chi connectivity index (χ0n) is 15.2. The molecule has 1 N–H and O–H groups in total. The van der Waals surface area contributed by atoms with Crippen LogP contribution in [0, 0.1) is 5.82 Å². The van der Waals surface area contributed by atoms with Crippen LogP contribution in [0.1, 0.15) is 38.1 Å². The Labute approximate surface area is 151 Å². The monoisotopic (exact) mass is 366 g/mol. The quantitative estimate of drug-likeness (QED) is 0.630. The van der Waals surface area contributed by atoms with Crippen molar-refractivity contribution >= 4 is 23.9 Å². The molecule has 1 aromatic carbocycles. The van der Waals surface area contributed by atoms with E-state index in [1.54, 1.807) is 25.7 Å². The molecule has 8 heteroatoms. The molecule has 1 fully saturated rings. The van der Waals surface area contributed by atoms with Crippen LogP contribution in [0.2, 0.25) is 0 Å². The number of amides is 1. The minimum Gasteiger partial charge on any atom is -0.456 e. The SMILES string of the molecule is CC(=O)NC[C@H]1CN(c2ccc(C(=O)OC(C)(C)C)c(F)c2)C(C=O)O1. The predicted molar refractivity (Wildman–Crippen MR) is 92.3 cm³/mol. The predicted octanol–water partition coefficient (Wildman–Crippen LogP) is 1.65. The Balaban J connectivity index is 2.15. The Morgan fingerprint density at radius 3 is 2.65 bits per heavy atom. The molecule has 0 aliphatic carbocycles. The molecule has 1 unspecified atom stereocenters. The van der Waals surface area contributed by atoms with Crippen LogP contribution in [-0.2, 0) is 19.1 Å². The Hall–Kier alpha value is -2.48. The van der Waals surface area contributed by atoms with Gasteiger partial charge < -0.3 is 19.7 Å². The van der Waals surface area contributed by atoms with E-state index < -0.39 is 29.7 Å². The molecule has 1 saturated heterocycles. The van der Waals surface area contributed by atoms with Gasteiger partial charge in [-0.1, -0.05) is 0 Å².